The molecule has 33 heavy (non-hydrogen) atoms. The van der Waals surface area contributed by atoms with E-state index in [4.69, 9.17) is 23.6 Å². The predicted molar refractivity (Wildman–Crippen MR) is 130 cm³/mol. The van der Waals surface area contributed by atoms with Crippen LogP contribution in [0.25, 0.3) is 21.9 Å². The Balaban J connectivity index is 1.86. The topological polar surface area (TPSA) is 53.2 Å². The number of rotatable bonds is 4. The summed E-state index contributed by atoms with van der Waals surface area (Å²) in [6.07, 6.45) is 0. The molecule has 5 rings (SSSR count). The zero-order valence-corrected chi connectivity index (χ0v) is 19.6. The van der Waals surface area contributed by atoms with Gasteiger partial charge in [0.15, 0.2) is 11.5 Å². The van der Waals surface area contributed by atoms with E-state index < -0.39 is 0 Å². The second-order valence-electron chi connectivity index (χ2n) is 8.42. The van der Waals surface area contributed by atoms with E-state index in [0.29, 0.717) is 6.61 Å². The van der Waals surface area contributed by atoms with Crippen molar-refractivity contribution in [2.24, 2.45) is 4.99 Å². The fraction of sp³-hybridized carbons (Fsp3) is 0.250. The van der Waals surface area contributed by atoms with Gasteiger partial charge in [0.2, 0.25) is 6.79 Å². The van der Waals surface area contributed by atoms with Crippen LogP contribution in [0.15, 0.2) is 57.9 Å². The molecule has 0 N–H and O–H groups in total. The van der Waals surface area contributed by atoms with Gasteiger partial charge in [0.1, 0.15) is 17.3 Å². The van der Waals surface area contributed by atoms with Crippen LogP contribution in [0, 0.1) is 27.7 Å². The van der Waals surface area contributed by atoms with Gasteiger partial charge in [0.05, 0.1) is 28.4 Å². The molecule has 0 unspecified atom stereocenters. The molecular formula is C28H27NO4. The lowest BCUT2D eigenvalue weighted by molar-refractivity contribution is 0.174. The van der Waals surface area contributed by atoms with Crippen molar-refractivity contribution in [2.75, 3.05) is 13.4 Å². The van der Waals surface area contributed by atoms with Crippen molar-refractivity contribution < 1.29 is 18.6 Å². The van der Waals surface area contributed by atoms with Crippen LogP contribution in [0.2, 0.25) is 0 Å². The van der Waals surface area contributed by atoms with Crippen molar-refractivity contribution in [3.8, 4) is 28.4 Å². The Morgan fingerprint density at radius 3 is 2.27 bits per heavy atom. The van der Waals surface area contributed by atoms with E-state index in [-0.39, 0.29) is 6.79 Å². The molecule has 1 aliphatic rings. The van der Waals surface area contributed by atoms with E-state index in [0.717, 1.165) is 61.7 Å². The van der Waals surface area contributed by atoms with Gasteiger partial charge in [-0.25, -0.2) is 4.99 Å². The smallest absolute Gasteiger partial charge is 0.231 e. The largest absolute Gasteiger partial charge is 0.493 e. The number of hydrogen-bond donors (Lipinski definition) is 0. The van der Waals surface area contributed by atoms with Crippen LogP contribution in [0.3, 0.4) is 0 Å². The van der Waals surface area contributed by atoms with Crippen LogP contribution in [0.5, 0.6) is 17.2 Å². The number of hydrogen-bond acceptors (Lipinski definition) is 5. The van der Waals surface area contributed by atoms with Gasteiger partial charge >= 0.3 is 0 Å². The molecular weight excluding hydrogens is 414 g/mol. The van der Waals surface area contributed by atoms with E-state index in [1.54, 1.807) is 0 Å². The van der Waals surface area contributed by atoms with E-state index in [2.05, 4.69) is 44.2 Å². The van der Waals surface area contributed by atoms with Crippen LogP contribution >= 0.6 is 0 Å². The first kappa shape index (κ1) is 21.1. The number of fused-ring (bicyclic) bond motifs is 2. The molecule has 0 fully saturated rings. The fourth-order valence-electron chi connectivity index (χ4n) is 4.52. The maximum absolute atomic E-state index is 6.11. The Hall–Kier alpha value is -3.73. The zero-order chi connectivity index (χ0) is 23.1. The Kier molecular flexibility index (Phi) is 5.33. The summed E-state index contributed by atoms with van der Waals surface area (Å²) in [5.74, 6) is 3.91. The second-order valence-corrected chi connectivity index (χ2v) is 8.42. The maximum atomic E-state index is 6.11. The number of furan rings is 1. The monoisotopic (exact) mass is 441 g/mol. The molecule has 0 radical (unpaired) electrons. The molecule has 1 aromatic heterocycles. The summed E-state index contributed by atoms with van der Waals surface area (Å²) < 4.78 is 23.3. The van der Waals surface area contributed by atoms with Crippen LogP contribution < -0.4 is 19.6 Å². The summed E-state index contributed by atoms with van der Waals surface area (Å²) in [7, 11) is 0. The number of nitrogens with zero attached hydrogens (tertiary/aromatic N) is 1. The number of benzene rings is 2. The highest BCUT2D eigenvalue weighted by Gasteiger charge is 2.18. The molecule has 5 nitrogen and oxygen atoms in total. The molecule has 5 heteroatoms. The molecule has 1 aliphatic heterocycles. The molecule has 0 bridgehead atoms. The van der Waals surface area contributed by atoms with E-state index >= 15 is 0 Å². The molecule has 0 saturated heterocycles. The fourth-order valence-corrected chi connectivity index (χ4v) is 4.52. The molecule has 0 saturated carbocycles. The normalized spacial score (nSPS) is 13.1. The summed E-state index contributed by atoms with van der Waals surface area (Å²) in [5.41, 5.74) is 5.25. The zero-order valence-electron chi connectivity index (χ0n) is 19.6. The summed E-state index contributed by atoms with van der Waals surface area (Å²) in [4.78, 5) is 5.09. The van der Waals surface area contributed by atoms with Crippen molar-refractivity contribution >= 4 is 16.5 Å². The van der Waals surface area contributed by atoms with E-state index in [1.807, 2.05) is 39.0 Å². The second kappa shape index (κ2) is 8.32. The first-order chi connectivity index (χ1) is 15.9. The van der Waals surface area contributed by atoms with Crippen LogP contribution in [-0.2, 0) is 0 Å². The van der Waals surface area contributed by atoms with Gasteiger partial charge < -0.3 is 18.6 Å². The van der Waals surface area contributed by atoms with E-state index in [1.165, 1.54) is 11.1 Å². The van der Waals surface area contributed by atoms with Crippen molar-refractivity contribution in [1.82, 2.24) is 0 Å². The average Bonchev–Trinajstić information content (AvgIpc) is 3.29. The van der Waals surface area contributed by atoms with Gasteiger partial charge in [-0.05, 0) is 93.3 Å². The highest BCUT2D eigenvalue weighted by Crippen LogP contribution is 2.38. The standard InChI is InChI=1S/C28H27NO4/c1-6-30-26-14-21(20-7-8-24-25(13-20)32-15-31-24)12-23(27-18(4)33-19(5)28(26)27)29-22-10-16(2)9-17(3)11-22/h7-14H,6,15H2,1-5H3. The first-order valence-electron chi connectivity index (χ1n) is 11.2. The number of ether oxygens (including phenoxy) is 3. The number of aryl methyl sites for hydroxylation is 4. The Morgan fingerprint density at radius 1 is 0.788 bits per heavy atom. The van der Waals surface area contributed by atoms with Crippen molar-refractivity contribution in [1.29, 1.82) is 0 Å². The Morgan fingerprint density at radius 2 is 1.52 bits per heavy atom. The molecule has 3 aromatic carbocycles. The van der Waals surface area contributed by atoms with Crippen LogP contribution in [0.4, 0.5) is 5.69 Å². The van der Waals surface area contributed by atoms with E-state index in [9.17, 15) is 0 Å². The Labute approximate surface area is 193 Å². The summed E-state index contributed by atoms with van der Waals surface area (Å²) in [6, 6.07) is 16.5. The molecule has 0 atom stereocenters. The summed E-state index contributed by atoms with van der Waals surface area (Å²) >= 11 is 0. The van der Waals surface area contributed by atoms with Gasteiger partial charge in [-0.1, -0.05) is 12.1 Å². The van der Waals surface area contributed by atoms with Crippen molar-refractivity contribution in [3.05, 3.63) is 76.5 Å². The Bertz CT molecular complexity index is 1430. The van der Waals surface area contributed by atoms with Crippen LogP contribution in [-0.4, -0.2) is 13.4 Å². The maximum Gasteiger partial charge on any atom is 0.231 e. The van der Waals surface area contributed by atoms with Gasteiger partial charge in [0, 0.05) is 0 Å². The minimum Gasteiger partial charge on any atom is -0.493 e. The predicted octanol–water partition coefficient (Wildman–Crippen LogP) is 6.69. The molecule has 168 valence electrons. The third-order valence-corrected chi connectivity index (χ3v) is 5.80. The lowest BCUT2D eigenvalue weighted by atomic mass is 10.1. The van der Waals surface area contributed by atoms with Crippen molar-refractivity contribution in [3.63, 3.8) is 0 Å². The third-order valence-electron chi connectivity index (χ3n) is 5.80. The minimum atomic E-state index is 0.243. The molecule has 0 amide bonds. The minimum absolute atomic E-state index is 0.243. The lowest BCUT2D eigenvalue weighted by Gasteiger charge is -2.05. The highest BCUT2D eigenvalue weighted by atomic mass is 16.7. The SMILES string of the molecule is CCOc1cc(-c2ccc3c(c2)OCO3)cc(=Nc2cc(C)cc(C)c2)c2c(C)oc(C)c12. The average molecular weight is 442 g/mol. The summed E-state index contributed by atoms with van der Waals surface area (Å²) in [5, 5.41) is 2.74. The van der Waals surface area contributed by atoms with Gasteiger partial charge in [0.25, 0.3) is 0 Å². The molecule has 0 spiro atoms. The van der Waals surface area contributed by atoms with Crippen molar-refractivity contribution in [2.45, 2.75) is 34.6 Å². The molecule has 4 aromatic rings. The quantitative estimate of drug-likeness (QED) is 0.354. The summed E-state index contributed by atoms with van der Waals surface area (Å²) in [6.45, 7) is 10.9. The van der Waals surface area contributed by atoms with Gasteiger partial charge in [-0.3, -0.25) is 0 Å². The lowest BCUT2D eigenvalue weighted by Crippen LogP contribution is -2.00. The third kappa shape index (κ3) is 3.95. The van der Waals surface area contributed by atoms with Gasteiger partial charge in [-0.15, -0.1) is 0 Å². The first-order valence-corrected chi connectivity index (χ1v) is 11.2. The van der Waals surface area contributed by atoms with Crippen LogP contribution in [0.1, 0.15) is 29.6 Å². The van der Waals surface area contributed by atoms with Gasteiger partial charge in [-0.2, -0.15) is 0 Å². The molecule has 0 aliphatic carbocycles. The highest BCUT2D eigenvalue weighted by molar-refractivity contribution is 5.93. The molecule has 2 heterocycles.